The third kappa shape index (κ3) is 4.29. The number of nitrogens with two attached hydrogens (primary N) is 1. The van der Waals surface area contributed by atoms with Gasteiger partial charge in [0.1, 0.15) is 10.7 Å². The van der Waals surface area contributed by atoms with Crippen LogP contribution in [0.25, 0.3) is 0 Å². The van der Waals surface area contributed by atoms with Crippen molar-refractivity contribution in [2.45, 2.75) is 13.8 Å². The minimum Gasteiger partial charge on any atom is -0.382 e. The van der Waals surface area contributed by atoms with Crippen LogP contribution < -0.4 is 16.0 Å². The number of aromatic nitrogens is 1. The molecule has 0 bridgehead atoms. The molecule has 0 radical (unpaired) electrons. The maximum Gasteiger partial charge on any atom is 0.207 e. The quantitative estimate of drug-likeness (QED) is 0.597. The molecule has 3 aromatic rings. The van der Waals surface area contributed by atoms with Crippen molar-refractivity contribution in [3.8, 4) is 0 Å². The van der Waals surface area contributed by atoms with Gasteiger partial charge >= 0.3 is 0 Å². The molecule has 152 valence electrons. The van der Waals surface area contributed by atoms with Crippen LogP contribution in [-0.4, -0.2) is 48.9 Å². The van der Waals surface area contributed by atoms with Crippen LogP contribution in [0.3, 0.4) is 0 Å². The van der Waals surface area contributed by atoms with Crippen molar-refractivity contribution in [2.24, 2.45) is 0 Å². The normalized spacial score (nSPS) is 14.9. The third-order valence-electron chi connectivity index (χ3n) is 5.13. The average molecular weight is 428 g/mol. The molecule has 3 N–H and O–H groups in total. The molecule has 4 rings (SSSR count). The first-order valence-electron chi connectivity index (χ1n) is 9.59. The van der Waals surface area contributed by atoms with E-state index in [4.69, 9.17) is 5.73 Å². The van der Waals surface area contributed by atoms with Gasteiger partial charge in [0.05, 0.1) is 0 Å². The summed E-state index contributed by atoms with van der Waals surface area (Å²) in [5.74, 6) is 0.222. The second-order valence-corrected chi connectivity index (χ2v) is 9.81. The van der Waals surface area contributed by atoms with E-state index in [1.165, 1.54) is 17.0 Å². The molecule has 8 heteroatoms. The monoisotopic (exact) mass is 427 g/mol. The highest BCUT2D eigenvalue weighted by Gasteiger charge is 2.21. The number of rotatable bonds is 5. The van der Waals surface area contributed by atoms with Crippen molar-refractivity contribution in [2.75, 3.05) is 49.2 Å². The van der Waals surface area contributed by atoms with Gasteiger partial charge in [0.2, 0.25) is 5.78 Å². The second kappa shape index (κ2) is 8.14. The van der Waals surface area contributed by atoms with Crippen LogP contribution in [0.5, 0.6) is 0 Å². The van der Waals surface area contributed by atoms with Gasteiger partial charge in [-0.05, 0) is 51.2 Å². The van der Waals surface area contributed by atoms with Gasteiger partial charge in [0.15, 0.2) is 5.13 Å². The zero-order chi connectivity index (χ0) is 20.5. The molecule has 1 aromatic carbocycles. The predicted octanol–water partition coefficient (Wildman–Crippen LogP) is 4.13. The number of anilines is 4. The average Bonchev–Trinajstić information content (AvgIpc) is 3.23. The number of carbonyl (C=O) groups excluding carboxylic acids is 1. The molecule has 1 fully saturated rings. The Hall–Kier alpha value is -2.42. The summed E-state index contributed by atoms with van der Waals surface area (Å²) in [6.07, 6.45) is 0. The van der Waals surface area contributed by atoms with Gasteiger partial charge in [-0.2, -0.15) is 0 Å². The van der Waals surface area contributed by atoms with E-state index >= 15 is 0 Å². The number of nitrogens with one attached hydrogen (secondary N) is 1. The van der Waals surface area contributed by atoms with Crippen LogP contribution in [-0.2, 0) is 0 Å². The fourth-order valence-electron chi connectivity index (χ4n) is 3.47. The Morgan fingerprint density at radius 3 is 2.41 bits per heavy atom. The number of nitrogen functional groups attached to an aromatic ring is 1. The van der Waals surface area contributed by atoms with Gasteiger partial charge in [-0.3, -0.25) is 4.79 Å². The van der Waals surface area contributed by atoms with Crippen molar-refractivity contribution < 1.29 is 4.79 Å². The number of hydrogen-bond donors (Lipinski definition) is 2. The molecule has 6 nitrogen and oxygen atoms in total. The molecule has 0 spiro atoms. The number of piperazine rings is 1. The highest BCUT2D eigenvalue weighted by molar-refractivity contribution is 7.18. The van der Waals surface area contributed by atoms with Gasteiger partial charge < -0.3 is 20.9 Å². The summed E-state index contributed by atoms with van der Waals surface area (Å²) in [6.45, 7) is 8.21. The molecule has 29 heavy (non-hydrogen) atoms. The van der Waals surface area contributed by atoms with E-state index < -0.39 is 0 Å². The summed E-state index contributed by atoms with van der Waals surface area (Å²) >= 11 is 2.92. The maximum atomic E-state index is 12.9. The third-order valence-corrected chi connectivity index (χ3v) is 7.08. The molecule has 1 aliphatic rings. The summed E-state index contributed by atoms with van der Waals surface area (Å²) in [5, 5.41) is 3.91. The number of carbonyl (C=O) groups is 1. The lowest BCUT2D eigenvalue weighted by Gasteiger charge is -2.34. The van der Waals surface area contributed by atoms with E-state index in [2.05, 4.69) is 39.3 Å². The molecular weight excluding hydrogens is 402 g/mol. The zero-order valence-corrected chi connectivity index (χ0v) is 18.5. The van der Waals surface area contributed by atoms with Crippen molar-refractivity contribution in [1.29, 1.82) is 0 Å². The first kappa shape index (κ1) is 19.9. The lowest BCUT2D eigenvalue weighted by atomic mass is 10.1. The number of benzene rings is 1. The Kier molecular flexibility index (Phi) is 5.58. The molecular formula is C21H25N5OS2. The molecule has 0 amide bonds. The Bertz CT molecular complexity index is 1020. The standard InChI is InChI=1S/C21H25N5OS2/c1-13-12-17(14(2)28-13)18(27)19-20(22)24-21(29-19)23-15-4-6-16(7-5-15)26-10-8-25(3)9-11-26/h4-7,12H,8-11,22H2,1-3H3,(H,23,24). The van der Waals surface area contributed by atoms with Crippen molar-refractivity contribution >= 4 is 50.8 Å². The Morgan fingerprint density at radius 1 is 1.10 bits per heavy atom. The molecule has 0 atom stereocenters. The summed E-state index contributed by atoms with van der Waals surface area (Å²) in [4.78, 5) is 24.6. The van der Waals surface area contributed by atoms with E-state index in [0.29, 0.717) is 15.6 Å². The topological polar surface area (TPSA) is 74.5 Å². The summed E-state index contributed by atoms with van der Waals surface area (Å²) in [6, 6.07) is 10.2. The summed E-state index contributed by atoms with van der Waals surface area (Å²) in [7, 11) is 2.16. The number of hydrogen-bond acceptors (Lipinski definition) is 8. The van der Waals surface area contributed by atoms with E-state index in [1.54, 1.807) is 11.3 Å². The number of thiophene rings is 1. The van der Waals surface area contributed by atoms with Gasteiger partial charge in [-0.1, -0.05) is 11.3 Å². The highest BCUT2D eigenvalue weighted by Crippen LogP contribution is 2.32. The molecule has 0 saturated carbocycles. The van der Waals surface area contributed by atoms with Gasteiger partial charge in [-0.15, -0.1) is 11.3 Å². The molecule has 3 heterocycles. The van der Waals surface area contributed by atoms with Crippen LogP contribution in [0, 0.1) is 13.8 Å². The number of likely N-dealkylation sites (N-methyl/N-ethyl adjacent to an activating group) is 1. The predicted molar refractivity (Wildman–Crippen MR) is 123 cm³/mol. The zero-order valence-electron chi connectivity index (χ0n) is 16.9. The van der Waals surface area contributed by atoms with E-state index in [0.717, 1.165) is 41.6 Å². The van der Waals surface area contributed by atoms with Crippen LogP contribution in [0.4, 0.5) is 22.3 Å². The van der Waals surface area contributed by atoms with Crippen molar-refractivity contribution in [3.63, 3.8) is 0 Å². The Balaban J connectivity index is 1.47. The number of ketones is 1. The highest BCUT2D eigenvalue weighted by atomic mass is 32.1. The second-order valence-electron chi connectivity index (χ2n) is 7.35. The first-order valence-corrected chi connectivity index (χ1v) is 11.2. The number of thiazole rings is 1. The summed E-state index contributed by atoms with van der Waals surface area (Å²) < 4.78 is 0. The van der Waals surface area contributed by atoms with Crippen LogP contribution in [0.1, 0.15) is 25.0 Å². The number of nitrogens with zero attached hydrogens (tertiary/aromatic N) is 3. The molecule has 0 aliphatic carbocycles. The van der Waals surface area contributed by atoms with Crippen molar-refractivity contribution in [3.05, 3.63) is 50.5 Å². The SMILES string of the molecule is Cc1cc(C(=O)c2sc(Nc3ccc(N4CCN(C)CC4)cc3)nc2N)c(C)s1. The van der Waals surface area contributed by atoms with Gasteiger partial charge in [0, 0.05) is 52.9 Å². The molecule has 2 aromatic heterocycles. The largest absolute Gasteiger partial charge is 0.382 e. The minimum absolute atomic E-state index is 0.0553. The van der Waals surface area contributed by atoms with Crippen LogP contribution in [0.2, 0.25) is 0 Å². The molecule has 0 unspecified atom stereocenters. The van der Waals surface area contributed by atoms with Crippen LogP contribution in [0.15, 0.2) is 30.3 Å². The van der Waals surface area contributed by atoms with Gasteiger partial charge in [0.25, 0.3) is 0 Å². The fraction of sp³-hybridized carbons (Fsp3) is 0.333. The maximum absolute atomic E-state index is 12.9. The van der Waals surface area contributed by atoms with Crippen molar-refractivity contribution in [1.82, 2.24) is 9.88 Å². The lowest BCUT2D eigenvalue weighted by Crippen LogP contribution is -2.44. The Morgan fingerprint density at radius 2 is 1.79 bits per heavy atom. The van der Waals surface area contributed by atoms with Crippen LogP contribution >= 0.6 is 22.7 Å². The fourth-order valence-corrected chi connectivity index (χ4v) is 5.25. The number of aryl methyl sites for hydroxylation is 2. The lowest BCUT2D eigenvalue weighted by molar-refractivity contribution is 0.104. The Labute approximate surface area is 179 Å². The molecule has 1 saturated heterocycles. The summed E-state index contributed by atoms with van der Waals surface area (Å²) in [5.41, 5.74) is 8.92. The first-order chi connectivity index (χ1) is 13.9. The van der Waals surface area contributed by atoms with E-state index in [-0.39, 0.29) is 11.6 Å². The van der Waals surface area contributed by atoms with Gasteiger partial charge in [-0.25, -0.2) is 4.98 Å². The molecule has 1 aliphatic heterocycles. The van der Waals surface area contributed by atoms with E-state index in [9.17, 15) is 4.79 Å². The minimum atomic E-state index is -0.0553. The van der Waals surface area contributed by atoms with E-state index in [1.807, 2.05) is 32.0 Å². The smallest absolute Gasteiger partial charge is 0.207 e.